The van der Waals surface area contributed by atoms with Gasteiger partial charge in [0.05, 0.1) is 5.56 Å². The van der Waals surface area contributed by atoms with Crippen LogP contribution < -0.4 is 10.2 Å². The third-order valence-electron chi connectivity index (χ3n) is 7.22. The number of nitrogens with one attached hydrogen (secondary N) is 1. The number of hydrogen-bond acceptors (Lipinski definition) is 4. The number of nitrogens with zero attached hydrogens (tertiary/aromatic N) is 3. The lowest BCUT2D eigenvalue weighted by atomic mass is 10.1. The lowest BCUT2D eigenvalue weighted by Crippen LogP contribution is -2.44. The number of benzene rings is 2. The first-order valence-corrected chi connectivity index (χ1v) is 11.9. The van der Waals surface area contributed by atoms with E-state index in [0.717, 1.165) is 49.2 Å². The van der Waals surface area contributed by atoms with E-state index in [1.165, 1.54) is 6.07 Å². The second kappa shape index (κ2) is 10.3. The predicted octanol–water partition coefficient (Wildman–Crippen LogP) is 4.84. The van der Waals surface area contributed by atoms with Gasteiger partial charge in [0.15, 0.2) is 0 Å². The van der Waals surface area contributed by atoms with Crippen molar-refractivity contribution in [3.8, 4) is 0 Å². The van der Waals surface area contributed by atoms with Crippen molar-refractivity contribution >= 4 is 17.3 Å². The number of alkyl halides is 3. The normalized spacial score (nSPS) is 21.4. The van der Waals surface area contributed by atoms with E-state index in [1.54, 1.807) is 18.0 Å². The first kappa shape index (κ1) is 24.4. The van der Waals surface area contributed by atoms with Crippen LogP contribution in [0, 0.1) is 0 Å². The van der Waals surface area contributed by atoms with Gasteiger partial charge in [-0.2, -0.15) is 13.2 Å². The van der Waals surface area contributed by atoms with Crippen molar-refractivity contribution in [2.45, 2.75) is 50.5 Å². The molecule has 0 saturated carbocycles. The van der Waals surface area contributed by atoms with Crippen LogP contribution in [0.1, 0.15) is 36.8 Å². The van der Waals surface area contributed by atoms with Crippen LogP contribution in [0.2, 0.25) is 0 Å². The van der Waals surface area contributed by atoms with Crippen LogP contribution in [0.25, 0.3) is 0 Å². The van der Waals surface area contributed by atoms with Crippen LogP contribution in [0.15, 0.2) is 48.5 Å². The maximum atomic E-state index is 13.4. The first-order chi connectivity index (χ1) is 16.2. The molecule has 0 unspecified atom stereocenters. The summed E-state index contributed by atoms with van der Waals surface area (Å²) in [5, 5.41) is 3.55. The molecule has 34 heavy (non-hydrogen) atoms. The zero-order chi connectivity index (χ0) is 24.3. The van der Waals surface area contributed by atoms with Gasteiger partial charge in [-0.3, -0.25) is 9.69 Å². The Labute approximate surface area is 199 Å². The summed E-state index contributed by atoms with van der Waals surface area (Å²) in [5.41, 5.74) is 1.91. The van der Waals surface area contributed by atoms with Gasteiger partial charge in [-0.15, -0.1) is 0 Å². The van der Waals surface area contributed by atoms with Crippen molar-refractivity contribution in [1.29, 1.82) is 0 Å². The van der Waals surface area contributed by atoms with E-state index >= 15 is 0 Å². The lowest BCUT2D eigenvalue weighted by Gasteiger charge is -2.31. The zero-order valence-corrected chi connectivity index (χ0v) is 19.8. The number of para-hydroxylation sites is 1. The lowest BCUT2D eigenvalue weighted by molar-refractivity contribution is -0.137. The summed E-state index contributed by atoms with van der Waals surface area (Å²) in [4.78, 5) is 19.4. The van der Waals surface area contributed by atoms with Crippen molar-refractivity contribution < 1.29 is 18.0 Å². The molecule has 2 aromatic rings. The Morgan fingerprint density at radius 3 is 2.65 bits per heavy atom. The van der Waals surface area contributed by atoms with Gasteiger partial charge in [0.1, 0.15) is 0 Å². The van der Waals surface area contributed by atoms with Gasteiger partial charge >= 0.3 is 6.18 Å². The smallest absolute Gasteiger partial charge is 0.385 e. The molecule has 184 valence electrons. The fraction of sp³-hybridized carbons (Fsp3) is 0.500. The van der Waals surface area contributed by atoms with E-state index in [1.807, 2.05) is 17.0 Å². The molecule has 1 N–H and O–H groups in total. The molecule has 0 radical (unpaired) electrons. The van der Waals surface area contributed by atoms with E-state index in [0.29, 0.717) is 37.4 Å². The van der Waals surface area contributed by atoms with E-state index in [9.17, 15) is 18.0 Å². The predicted molar refractivity (Wildman–Crippen MR) is 129 cm³/mol. The summed E-state index contributed by atoms with van der Waals surface area (Å²) >= 11 is 0. The molecular formula is C26H33F3N4O. The number of rotatable bonds is 4. The van der Waals surface area contributed by atoms with Gasteiger partial charge in [-0.25, -0.2) is 0 Å². The third kappa shape index (κ3) is 5.66. The van der Waals surface area contributed by atoms with Crippen LogP contribution in [-0.2, 0) is 17.5 Å². The highest BCUT2D eigenvalue weighted by Gasteiger charge is 2.33. The summed E-state index contributed by atoms with van der Waals surface area (Å²) in [6.07, 6.45) is -0.888. The van der Waals surface area contributed by atoms with Gasteiger partial charge in [0, 0.05) is 63.1 Å². The third-order valence-corrected chi connectivity index (χ3v) is 7.22. The maximum Gasteiger partial charge on any atom is 0.416 e. The highest BCUT2D eigenvalue weighted by Crippen LogP contribution is 2.32. The Morgan fingerprint density at radius 1 is 1.09 bits per heavy atom. The summed E-state index contributed by atoms with van der Waals surface area (Å²) in [6.45, 7) is 2.42. The minimum absolute atomic E-state index is 0.0183. The molecule has 0 aliphatic carbocycles. The highest BCUT2D eigenvalue weighted by molar-refractivity contribution is 5.77. The number of carbonyl (C=O) groups excluding carboxylic acids is 1. The van der Waals surface area contributed by atoms with E-state index in [4.69, 9.17) is 0 Å². The van der Waals surface area contributed by atoms with Crippen molar-refractivity contribution in [3.05, 3.63) is 59.7 Å². The van der Waals surface area contributed by atoms with Gasteiger partial charge in [0.2, 0.25) is 5.91 Å². The van der Waals surface area contributed by atoms with E-state index in [-0.39, 0.29) is 12.3 Å². The highest BCUT2D eigenvalue weighted by atomic mass is 19.4. The number of likely N-dealkylation sites (N-methyl/N-ethyl adjacent to an activating group) is 1. The number of fused-ring (bicyclic) bond motifs is 3. The number of hydrogen-bond donors (Lipinski definition) is 1. The molecule has 2 heterocycles. The van der Waals surface area contributed by atoms with Crippen LogP contribution in [0.5, 0.6) is 0 Å². The van der Waals surface area contributed by atoms with Gasteiger partial charge in [-0.05, 0) is 56.1 Å². The molecular weight excluding hydrogens is 441 g/mol. The number of carbonyl (C=O) groups is 1. The number of amides is 1. The molecule has 1 fully saturated rings. The Kier molecular flexibility index (Phi) is 7.36. The molecule has 8 heteroatoms. The fourth-order valence-corrected chi connectivity index (χ4v) is 5.05. The standard InChI is InChI=1S/C26H33F3N4O/c1-31(22-8-5-7-20(16-22)26(27,28)29)15-13-25(34)33-17-19-6-3-4-9-24(19)30-14-12-21-10-11-23(18-33)32(21)2/h3-9,16,21,23,30H,10-15,17-18H2,1-2H3/t21-,23+/m0/s1. The maximum absolute atomic E-state index is 13.4. The summed E-state index contributed by atoms with van der Waals surface area (Å²) < 4.78 is 39.3. The van der Waals surface area contributed by atoms with Crippen molar-refractivity contribution in [2.24, 2.45) is 0 Å². The molecule has 2 aliphatic rings. The topological polar surface area (TPSA) is 38.8 Å². The molecule has 1 amide bonds. The second-order valence-electron chi connectivity index (χ2n) is 9.42. The van der Waals surface area contributed by atoms with Crippen LogP contribution >= 0.6 is 0 Å². The summed E-state index contributed by atoms with van der Waals surface area (Å²) in [6, 6.07) is 14.2. The molecule has 0 aromatic heterocycles. The van der Waals surface area contributed by atoms with Crippen LogP contribution in [0.3, 0.4) is 0 Å². The summed E-state index contributed by atoms with van der Waals surface area (Å²) in [7, 11) is 3.88. The second-order valence-corrected chi connectivity index (χ2v) is 9.42. The average Bonchev–Trinajstić information content (AvgIpc) is 3.14. The van der Waals surface area contributed by atoms with Gasteiger partial charge in [-0.1, -0.05) is 24.3 Å². The minimum atomic E-state index is -4.39. The first-order valence-electron chi connectivity index (χ1n) is 11.9. The quantitative estimate of drug-likeness (QED) is 0.689. The van der Waals surface area contributed by atoms with Crippen molar-refractivity contribution in [1.82, 2.24) is 9.80 Å². The molecule has 2 aromatic carbocycles. The zero-order valence-electron chi connectivity index (χ0n) is 19.8. The molecule has 1 saturated heterocycles. The molecule has 4 rings (SSSR count). The molecule has 2 atom stereocenters. The SMILES string of the molecule is CN(CCC(=O)N1Cc2ccccc2NCC[C@@H]2CC[C@H](C1)N2C)c1cccc(C(F)(F)F)c1. The molecule has 2 bridgehead atoms. The Morgan fingerprint density at radius 2 is 1.85 bits per heavy atom. The number of anilines is 2. The fourth-order valence-electron chi connectivity index (χ4n) is 5.05. The van der Waals surface area contributed by atoms with E-state index in [2.05, 4.69) is 29.4 Å². The Balaban J connectivity index is 1.48. The minimum Gasteiger partial charge on any atom is -0.385 e. The van der Waals surface area contributed by atoms with Gasteiger partial charge < -0.3 is 15.1 Å². The van der Waals surface area contributed by atoms with Crippen molar-refractivity contribution in [3.63, 3.8) is 0 Å². The summed E-state index contributed by atoms with van der Waals surface area (Å²) in [5.74, 6) is 0.0183. The monoisotopic (exact) mass is 474 g/mol. The van der Waals surface area contributed by atoms with Gasteiger partial charge in [0.25, 0.3) is 0 Å². The van der Waals surface area contributed by atoms with Crippen LogP contribution in [-0.4, -0.2) is 61.5 Å². The molecule has 5 nitrogen and oxygen atoms in total. The Bertz CT molecular complexity index is 996. The average molecular weight is 475 g/mol. The Hall–Kier alpha value is -2.74. The van der Waals surface area contributed by atoms with E-state index < -0.39 is 11.7 Å². The van der Waals surface area contributed by atoms with Crippen molar-refractivity contribution in [2.75, 3.05) is 43.9 Å². The molecule has 2 aliphatic heterocycles. The number of halogens is 3. The molecule has 0 spiro atoms. The largest absolute Gasteiger partial charge is 0.416 e. The van der Waals surface area contributed by atoms with Crippen LogP contribution in [0.4, 0.5) is 24.5 Å².